The van der Waals surface area contributed by atoms with E-state index in [1.165, 1.54) is 0 Å². The number of hydrogen-bond acceptors (Lipinski definition) is 5. The Hall–Kier alpha value is -3.61. The van der Waals surface area contributed by atoms with Crippen molar-refractivity contribution in [3.8, 4) is 33.8 Å². The highest BCUT2D eigenvalue weighted by molar-refractivity contribution is 7.86. The Labute approximate surface area is 206 Å². The number of ether oxygens (including phenoxy) is 2. The van der Waals surface area contributed by atoms with E-state index in [4.69, 9.17) is 13.7 Å². The first-order valence-corrected chi connectivity index (χ1v) is 12.8. The molecule has 4 aromatic rings. The summed E-state index contributed by atoms with van der Waals surface area (Å²) in [6.45, 7) is 1.83. The number of hydrogen-bond donors (Lipinski definition) is 0. The van der Waals surface area contributed by atoms with E-state index in [9.17, 15) is 8.42 Å². The standard InChI is InChI=1S/C29H26O5S/c1-20-12-14-25(15-13-20)35(30,31)33-19-24-17-23-16-22(21-8-4-3-5-9-21)18-27(29(23)34-24)26-10-6-7-11-28(26)32-2/h3-16,18,24H,17,19H2,1-2H3. The molecule has 1 aliphatic heterocycles. The highest BCUT2D eigenvalue weighted by Crippen LogP contribution is 2.45. The van der Waals surface area contributed by atoms with Crippen LogP contribution in [0, 0.1) is 6.92 Å². The van der Waals surface area contributed by atoms with E-state index in [1.807, 2.05) is 49.4 Å². The molecule has 5 nitrogen and oxygen atoms in total. The Kier molecular flexibility index (Phi) is 6.32. The molecule has 0 fully saturated rings. The molecule has 1 heterocycles. The topological polar surface area (TPSA) is 61.8 Å². The van der Waals surface area contributed by atoms with E-state index in [0.29, 0.717) is 6.42 Å². The van der Waals surface area contributed by atoms with Crippen LogP contribution in [0.1, 0.15) is 11.1 Å². The molecule has 5 rings (SSSR count). The summed E-state index contributed by atoms with van der Waals surface area (Å²) in [7, 11) is -2.23. The number of rotatable bonds is 7. The second kappa shape index (κ2) is 9.56. The van der Waals surface area contributed by atoms with Crippen molar-refractivity contribution in [2.45, 2.75) is 24.3 Å². The van der Waals surface area contributed by atoms with Crippen molar-refractivity contribution >= 4 is 10.1 Å². The summed E-state index contributed by atoms with van der Waals surface area (Å²) in [5.74, 6) is 1.47. The lowest BCUT2D eigenvalue weighted by Crippen LogP contribution is -2.23. The Morgan fingerprint density at radius 3 is 2.31 bits per heavy atom. The van der Waals surface area contributed by atoms with Crippen LogP contribution in [-0.4, -0.2) is 28.2 Å². The van der Waals surface area contributed by atoms with Gasteiger partial charge in [0.05, 0.1) is 12.0 Å². The zero-order valence-electron chi connectivity index (χ0n) is 19.6. The fraction of sp³-hybridized carbons (Fsp3) is 0.172. The minimum atomic E-state index is -3.88. The minimum Gasteiger partial charge on any atom is -0.496 e. The fourth-order valence-electron chi connectivity index (χ4n) is 4.33. The summed E-state index contributed by atoms with van der Waals surface area (Å²) < 4.78 is 42.7. The molecule has 0 saturated carbocycles. The monoisotopic (exact) mass is 486 g/mol. The van der Waals surface area contributed by atoms with Gasteiger partial charge in [-0.25, -0.2) is 0 Å². The van der Waals surface area contributed by atoms with Gasteiger partial charge in [-0.2, -0.15) is 8.42 Å². The fourth-order valence-corrected chi connectivity index (χ4v) is 5.27. The molecule has 35 heavy (non-hydrogen) atoms. The second-order valence-corrected chi connectivity index (χ2v) is 10.2. The Morgan fingerprint density at radius 2 is 1.57 bits per heavy atom. The van der Waals surface area contributed by atoms with Gasteiger partial charge >= 0.3 is 0 Å². The number of para-hydroxylation sites is 1. The summed E-state index contributed by atoms with van der Waals surface area (Å²) in [6, 6.07) is 28.8. The molecule has 1 aliphatic rings. The summed E-state index contributed by atoms with van der Waals surface area (Å²) in [6.07, 6.45) is 0.117. The smallest absolute Gasteiger partial charge is 0.297 e. The zero-order chi connectivity index (χ0) is 24.4. The first-order chi connectivity index (χ1) is 16.9. The van der Waals surface area contributed by atoms with Crippen molar-refractivity contribution in [1.29, 1.82) is 0 Å². The van der Waals surface area contributed by atoms with Crippen molar-refractivity contribution in [2.75, 3.05) is 13.7 Å². The minimum absolute atomic E-state index is 0.0725. The van der Waals surface area contributed by atoms with E-state index < -0.39 is 16.2 Å². The lowest BCUT2D eigenvalue weighted by molar-refractivity contribution is 0.152. The van der Waals surface area contributed by atoms with E-state index in [-0.39, 0.29) is 11.5 Å². The average molecular weight is 487 g/mol. The lowest BCUT2D eigenvalue weighted by Gasteiger charge is -2.16. The van der Waals surface area contributed by atoms with Crippen LogP contribution in [0.5, 0.6) is 11.5 Å². The first-order valence-electron chi connectivity index (χ1n) is 11.4. The van der Waals surface area contributed by atoms with Crippen molar-refractivity contribution in [2.24, 2.45) is 0 Å². The van der Waals surface area contributed by atoms with Gasteiger partial charge in [-0.1, -0.05) is 66.2 Å². The Morgan fingerprint density at radius 1 is 0.857 bits per heavy atom. The maximum Gasteiger partial charge on any atom is 0.297 e. The molecule has 0 radical (unpaired) electrons. The number of benzene rings is 4. The van der Waals surface area contributed by atoms with E-state index >= 15 is 0 Å². The SMILES string of the molecule is COc1ccccc1-c1cc(-c2ccccc2)cc2c1OC(COS(=O)(=O)c1ccc(C)cc1)C2. The first kappa shape index (κ1) is 23.1. The van der Waals surface area contributed by atoms with E-state index in [2.05, 4.69) is 24.3 Å². The quantitative estimate of drug-likeness (QED) is 0.298. The van der Waals surface area contributed by atoms with E-state index in [0.717, 1.165) is 44.9 Å². The molecule has 0 saturated heterocycles. The van der Waals surface area contributed by atoms with E-state index in [1.54, 1.807) is 31.4 Å². The summed E-state index contributed by atoms with van der Waals surface area (Å²) in [5, 5.41) is 0. The Bertz CT molecular complexity index is 1440. The van der Waals surface area contributed by atoms with Gasteiger partial charge in [-0.15, -0.1) is 0 Å². The highest BCUT2D eigenvalue weighted by atomic mass is 32.2. The highest BCUT2D eigenvalue weighted by Gasteiger charge is 2.30. The second-order valence-electron chi connectivity index (χ2n) is 8.57. The molecule has 0 spiro atoms. The number of methoxy groups -OCH3 is 1. The van der Waals surface area contributed by atoms with Gasteiger partial charge < -0.3 is 9.47 Å². The summed E-state index contributed by atoms with van der Waals surface area (Å²) in [4.78, 5) is 0.139. The molecular formula is C29H26O5S. The van der Waals surface area contributed by atoms with Crippen LogP contribution < -0.4 is 9.47 Å². The van der Waals surface area contributed by atoms with Gasteiger partial charge in [0.1, 0.15) is 24.2 Å². The molecule has 0 N–H and O–H groups in total. The van der Waals surface area contributed by atoms with Gasteiger partial charge in [-0.05, 0) is 53.9 Å². The molecule has 0 bridgehead atoms. The molecule has 1 unspecified atom stereocenters. The predicted octanol–water partition coefficient (Wildman–Crippen LogP) is 6.05. The van der Waals surface area contributed by atoms with Gasteiger partial charge in [0.15, 0.2) is 0 Å². The molecule has 0 aromatic heterocycles. The predicted molar refractivity (Wildman–Crippen MR) is 136 cm³/mol. The average Bonchev–Trinajstić information content (AvgIpc) is 3.31. The van der Waals surface area contributed by atoms with Crippen molar-refractivity contribution in [3.05, 3.63) is 102 Å². The number of fused-ring (bicyclic) bond motifs is 1. The maximum atomic E-state index is 12.7. The van der Waals surface area contributed by atoms with Crippen molar-refractivity contribution in [3.63, 3.8) is 0 Å². The van der Waals surface area contributed by atoms with Crippen LogP contribution in [0.25, 0.3) is 22.3 Å². The molecule has 4 aromatic carbocycles. The maximum absolute atomic E-state index is 12.7. The lowest BCUT2D eigenvalue weighted by atomic mass is 9.94. The molecule has 0 aliphatic carbocycles. The van der Waals surface area contributed by atoms with Crippen LogP contribution in [0.15, 0.2) is 95.9 Å². The Balaban J connectivity index is 1.47. The molecule has 0 amide bonds. The van der Waals surface area contributed by atoms with Gasteiger partial charge in [0.25, 0.3) is 10.1 Å². The van der Waals surface area contributed by atoms with Crippen LogP contribution in [0.3, 0.4) is 0 Å². The third-order valence-electron chi connectivity index (χ3n) is 6.12. The van der Waals surface area contributed by atoms with Crippen molar-refractivity contribution in [1.82, 2.24) is 0 Å². The molecular weight excluding hydrogens is 460 g/mol. The van der Waals surface area contributed by atoms with Crippen LogP contribution in [0.4, 0.5) is 0 Å². The molecule has 6 heteroatoms. The van der Waals surface area contributed by atoms with Crippen LogP contribution >= 0.6 is 0 Å². The van der Waals surface area contributed by atoms with Crippen LogP contribution in [0.2, 0.25) is 0 Å². The summed E-state index contributed by atoms with van der Waals surface area (Å²) in [5.41, 5.74) is 5.96. The largest absolute Gasteiger partial charge is 0.496 e. The molecule has 1 atom stereocenters. The third kappa shape index (κ3) is 4.81. The van der Waals surface area contributed by atoms with Gasteiger partial charge in [0, 0.05) is 17.5 Å². The molecule has 178 valence electrons. The van der Waals surface area contributed by atoms with Gasteiger partial charge in [0.2, 0.25) is 0 Å². The van der Waals surface area contributed by atoms with Crippen LogP contribution in [-0.2, 0) is 20.7 Å². The normalized spacial score (nSPS) is 14.9. The number of aryl methyl sites for hydroxylation is 1. The zero-order valence-corrected chi connectivity index (χ0v) is 20.4. The summed E-state index contributed by atoms with van der Waals surface area (Å²) >= 11 is 0. The van der Waals surface area contributed by atoms with Gasteiger partial charge in [-0.3, -0.25) is 4.18 Å². The van der Waals surface area contributed by atoms with Crippen molar-refractivity contribution < 1.29 is 22.1 Å². The third-order valence-corrected chi connectivity index (χ3v) is 7.42.